The summed E-state index contributed by atoms with van der Waals surface area (Å²) in [7, 11) is 0. The van der Waals surface area contributed by atoms with Crippen molar-refractivity contribution in [3.8, 4) is 0 Å². The van der Waals surface area contributed by atoms with Crippen molar-refractivity contribution < 1.29 is 4.79 Å². The third-order valence-corrected chi connectivity index (χ3v) is 3.90. The zero-order chi connectivity index (χ0) is 13.8. The molecule has 0 aromatic heterocycles. The first-order valence-electron chi connectivity index (χ1n) is 6.40. The minimum absolute atomic E-state index is 0.0202. The predicted molar refractivity (Wildman–Crippen MR) is 76.8 cm³/mol. The number of nitrogens with one attached hydrogen (secondary N) is 1. The summed E-state index contributed by atoms with van der Waals surface area (Å²) in [5.74, 6) is 0.434. The zero-order valence-corrected chi connectivity index (χ0v) is 12.3. The van der Waals surface area contributed by atoms with Gasteiger partial charge in [-0.3, -0.25) is 4.79 Å². The average molecular weight is 268 g/mol. The molecule has 0 aliphatic rings. The summed E-state index contributed by atoms with van der Waals surface area (Å²) in [5, 5.41) is 3.84. The van der Waals surface area contributed by atoms with E-state index in [-0.39, 0.29) is 11.4 Å². The molecule has 2 nitrogen and oxygen atoms in total. The molecule has 0 aliphatic carbocycles. The van der Waals surface area contributed by atoms with Crippen LogP contribution >= 0.6 is 11.6 Å². The maximum atomic E-state index is 11.4. The van der Waals surface area contributed by atoms with Crippen LogP contribution in [0.1, 0.15) is 39.7 Å². The van der Waals surface area contributed by atoms with E-state index in [0.717, 1.165) is 17.9 Å². The minimum atomic E-state index is -0.214. The van der Waals surface area contributed by atoms with Crippen molar-refractivity contribution in [3.05, 3.63) is 34.9 Å². The second kappa shape index (κ2) is 6.24. The molecule has 1 N–H and O–H groups in total. The van der Waals surface area contributed by atoms with Gasteiger partial charge in [0, 0.05) is 17.5 Å². The highest BCUT2D eigenvalue weighted by molar-refractivity contribution is 6.30. The van der Waals surface area contributed by atoms with Gasteiger partial charge < -0.3 is 5.32 Å². The highest BCUT2D eigenvalue weighted by Gasteiger charge is 2.31. The number of carbonyl (C=O) groups excluding carboxylic acids is 1. The average Bonchev–Trinajstić information content (AvgIpc) is 2.30. The molecule has 18 heavy (non-hydrogen) atoms. The number of carbonyl (C=O) groups is 1. The number of rotatable bonds is 5. The Labute approximate surface area is 115 Å². The van der Waals surface area contributed by atoms with Crippen molar-refractivity contribution in [3.63, 3.8) is 0 Å². The predicted octanol–water partition coefficient (Wildman–Crippen LogP) is 3.82. The van der Waals surface area contributed by atoms with Crippen LogP contribution in [0.25, 0.3) is 0 Å². The number of amides is 1. The molecular formula is C15H22ClNO. The molecule has 0 fully saturated rings. The first-order valence-corrected chi connectivity index (χ1v) is 6.78. The maximum absolute atomic E-state index is 11.4. The van der Waals surface area contributed by atoms with Crippen molar-refractivity contribution >= 4 is 17.5 Å². The third-order valence-electron chi connectivity index (χ3n) is 3.65. The van der Waals surface area contributed by atoms with Crippen LogP contribution in [0.2, 0.25) is 5.02 Å². The van der Waals surface area contributed by atoms with Crippen LogP contribution in [0.15, 0.2) is 24.3 Å². The molecule has 0 radical (unpaired) electrons. The number of hydrogen-bond donors (Lipinski definition) is 1. The van der Waals surface area contributed by atoms with Gasteiger partial charge in [-0.2, -0.15) is 0 Å². The smallest absolute Gasteiger partial charge is 0.217 e. The third kappa shape index (κ3) is 4.02. The Hall–Kier alpha value is -1.02. The summed E-state index contributed by atoms with van der Waals surface area (Å²) in [6.45, 7) is 8.00. The van der Waals surface area contributed by atoms with E-state index in [2.05, 4.69) is 26.1 Å². The van der Waals surface area contributed by atoms with Gasteiger partial charge in [0.15, 0.2) is 0 Å². The molecule has 0 saturated heterocycles. The molecule has 1 rings (SSSR count). The summed E-state index contributed by atoms with van der Waals surface area (Å²) < 4.78 is 0. The molecule has 3 heteroatoms. The molecule has 1 aromatic rings. The largest absolute Gasteiger partial charge is 0.351 e. The van der Waals surface area contributed by atoms with Crippen LogP contribution in [0, 0.1) is 5.92 Å². The highest BCUT2D eigenvalue weighted by atomic mass is 35.5. The van der Waals surface area contributed by atoms with Gasteiger partial charge in [0.05, 0.1) is 0 Å². The van der Waals surface area contributed by atoms with Gasteiger partial charge in [-0.1, -0.05) is 44.0 Å². The van der Waals surface area contributed by atoms with Crippen LogP contribution in [-0.4, -0.2) is 11.4 Å². The lowest BCUT2D eigenvalue weighted by atomic mass is 9.80. The van der Waals surface area contributed by atoms with E-state index in [4.69, 9.17) is 11.6 Å². The van der Waals surface area contributed by atoms with Crippen molar-refractivity contribution in [2.75, 3.05) is 0 Å². The molecule has 100 valence electrons. The normalized spacial score (nSPS) is 15.8. The Morgan fingerprint density at radius 3 is 2.39 bits per heavy atom. The van der Waals surface area contributed by atoms with Gasteiger partial charge in [0.2, 0.25) is 5.91 Å². The van der Waals surface area contributed by atoms with Crippen LogP contribution < -0.4 is 5.32 Å². The lowest BCUT2D eigenvalue weighted by Crippen LogP contribution is -2.51. The molecule has 0 heterocycles. The van der Waals surface area contributed by atoms with Gasteiger partial charge in [-0.25, -0.2) is 0 Å². The molecule has 0 spiro atoms. The first kappa shape index (κ1) is 15.0. The second-order valence-electron chi connectivity index (χ2n) is 5.21. The fourth-order valence-electron chi connectivity index (χ4n) is 2.22. The van der Waals surface area contributed by atoms with Crippen LogP contribution in [-0.2, 0) is 11.2 Å². The van der Waals surface area contributed by atoms with Crippen molar-refractivity contribution in [2.45, 2.75) is 46.1 Å². The Balaban J connectivity index is 2.90. The highest BCUT2D eigenvalue weighted by Crippen LogP contribution is 2.25. The molecular weight excluding hydrogens is 246 g/mol. The van der Waals surface area contributed by atoms with Gasteiger partial charge >= 0.3 is 0 Å². The monoisotopic (exact) mass is 267 g/mol. The minimum Gasteiger partial charge on any atom is -0.351 e. The Bertz CT molecular complexity index is 401. The molecule has 1 aromatic carbocycles. The zero-order valence-electron chi connectivity index (χ0n) is 11.6. The van der Waals surface area contributed by atoms with E-state index in [1.165, 1.54) is 5.56 Å². The Morgan fingerprint density at radius 1 is 1.39 bits per heavy atom. The van der Waals surface area contributed by atoms with Gasteiger partial charge in [0.1, 0.15) is 0 Å². The lowest BCUT2D eigenvalue weighted by Gasteiger charge is -2.36. The molecule has 0 bridgehead atoms. The summed E-state index contributed by atoms with van der Waals surface area (Å²) in [6, 6.07) is 7.82. The number of halogens is 1. The fraction of sp³-hybridized carbons (Fsp3) is 0.533. The molecule has 0 aliphatic heterocycles. The van der Waals surface area contributed by atoms with E-state index in [1.807, 2.05) is 24.3 Å². The lowest BCUT2D eigenvalue weighted by molar-refractivity contribution is -0.121. The van der Waals surface area contributed by atoms with Gasteiger partial charge in [0.25, 0.3) is 0 Å². The standard InChI is InChI=1S/C15H22ClNO/c1-5-11(2)15(4,17-12(3)18)10-13-6-8-14(16)9-7-13/h6-9,11H,5,10H2,1-4H3,(H,17,18). The van der Waals surface area contributed by atoms with Gasteiger partial charge in [-0.05, 0) is 37.0 Å². The summed E-state index contributed by atoms with van der Waals surface area (Å²) in [5.41, 5.74) is 0.977. The second-order valence-corrected chi connectivity index (χ2v) is 5.65. The van der Waals surface area contributed by atoms with Crippen molar-refractivity contribution in [1.29, 1.82) is 0 Å². The molecule has 0 saturated carbocycles. The summed E-state index contributed by atoms with van der Waals surface area (Å²) >= 11 is 5.89. The SMILES string of the molecule is CCC(C)C(C)(Cc1ccc(Cl)cc1)NC(C)=O. The topological polar surface area (TPSA) is 29.1 Å². The Morgan fingerprint density at radius 2 is 1.94 bits per heavy atom. The summed E-state index contributed by atoms with van der Waals surface area (Å²) in [6.07, 6.45) is 1.85. The van der Waals surface area contributed by atoms with E-state index in [0.29, 0.717) is 5.92 Å². The van der Waals surface area contributed by atoms with E-state index >= 15 is 0 Å². The van der Waals surface area contributed by atoms with Crippen molar-refractivity contribution in [1.82, 2.24) is 5.32 Å². The van der Waals surface area contributed by atoms with Crippen LogP contribution in [0.5, 0.6) is 0 Å². The summed E-state index contributed by atoms with van der Waals surface area (Å²) in [4.78, 5) is 11.4. The number of hydrogen-bond acceptors (Lipinski definition) is 1. The fourth-order valence-corrected chi connectivity index (χ4v) is 2.35. The molecule has 2 atom stereocenters. The Kier molecular flexibility index (Phi) is 5.21. The van der Waals surface area contributed by atoms with Crippen LogP contribution in [0.4, 0.5) is 0 Å². The first-order chi connectivity index (χ1) is 8.37. The van der Waals surface area contributed by atoms with E-state index in [1.54, 1.807) is 6.92 Å². The van der Waals surface area contributed by atoms with E-state index in [9.17, 15) is 4.79 Å². The molecule has 1 amide bonds. The molecule has 2 unspecified atom stereocenters. The van der Waals surface area contributed by atoms with Crippen molar-refractivity contribution in [2.24, 2.45) is 5.92 Å². The van der Waals surface area contributed by atoms with Crippen LogP contribution in [0.3, 0.4) is 0 Å². The van der Waals surface area contributed by atoms with E-state index < -0.39 is 0 Å². The number of benzene rings is 1. The quantitative estimate of drug-likeness (QED) is 0.863. The maximum Gasteiger partial charge on any atom is 0.217 e. The van der Waals surface area contributed by atoms with Gasteiger partial charge in [-0.15, -0.1) is 0 Å².